The minimum atomic E-state index is -1.23. The molecule has 1 heterocycles. The molecular weight excluding hydrogens is 305 g/mol. The molecule has 0 aliphatic carbocycles. The molecule has 0 saturated carbocycles. The average molecular weight is 314 g/mol. The van der Waals surface area contributed by atoms with Gasteiger partial charge in [-0.15, -0.1) is 0 Å². The van der Waals surface area contributed by atoms with E-state index >= 15 is 0 Å². The zero-order valence-corrected chi connectivity index (χ0v) is 11.7. The fourth-order valence-electron chi connectivity index (χ4n) is 1.63. The van der Waals surface area contributed by atoms with Crippen LogP contribution < -0.4 is 5.32 Å². The van der Waals surface area contributed by atoms with Crippen LogP contribution in [-0.4, -0.2) is 26.8 Å². The van der Waals surface area contributed by atoms with Gasteiger partial charge in [0.15, 0.2) is 5.69 Å². The molecule has 8 heteroatoms. The number of nitrogens with one attached hydrogen (secondary N) is 1. The minimum Gasteiger partial charge on any atom is -0.478 e. The number of aromatic nitrogens is 2. The first-order valence-electron chi connectivity index (χ1n) is 5.41. The molecule has 2 N–H and O–H groups in total. The molecule has 6 nitrogen and oxygen atoms in total. The summed E-state index contributed by atoms with van der Waals surface area (Å²) in [5.74, 6) is -1.88. The summed E-state index contributed by atoms with van der Waals surface area (Å²) in [4.78, 5) is 23.1. The van der Waals surface area contributed by atoms with E-state index in [0.717, 1.165) is 0 Å². The van der Waals surface area contributed by atoms with Gasteiger partial charge in [-0.05, 0) is 18.2 Å². The van der Waals surface area contributed by atoms with E-state index in [2.05, 4.69) is 10.4 Å². The van der Waals surface area contributed by atoms with Crippen molar-refractivity contribution in [1.29, 1.82) is 0 Å². The Hall–Kier alpha value is -2.05. The molecule has 2 rings (SSSR count). The summed E-state index contributed by atoms with van der Waals surface area (Å²) in [5, 5.41) is 16.0. The normalized spacial score (nSPS) is 10.3. The van der Waals surface area contributed by atoms with E-state index in [0.29, 0.717) is 15.7 Å². The van der Waals surface area contributed by atoms with Crippen molar-refractivity contribution in [3.63, 3.8) is 0 Å². The van der Waals surface area contributed by atoms with Crippen LogP contribution >= 0.6 is 23.2 Å². The second kappa shape index (κ2) is 5.52. The lowest BCUT2D eigenvalue weighted by atomic mass is 10.2. The highest BCUT2D eigenvalue weighted by atomic mass is 35.5. The van der Waals surface area contributed by atoms with Crippen molar-refractivity contribution in [2.24, 2.45) is 7.05 Å². The number of aryl methyl sites for hydroxylation is 1. The van der Waals surface area contributed by atoms with E-state index in [1.165, 1.54) is 36.1 Å². The summed E-state index contributed by atoms with van der Waals surface area (Å²) in [6.45, 7) is 0. The first-order valence-corrected chi connectivity index (χ1v) is 6.17. The lowest BCUT2D eigenvalue weighted by molar-refractivity contribution is 0.0692. The molecule has 0 radical (unpaired) electrons. The van der Waals surface area contributed by atoms with Crippen LogP contribution in [0.3, 0.4) is 0 Å². The standard InChI is InChI=1S/C12H9Cl2N3O3/c1-17-5-9(12(19)20)10(16-17)11(18)15-8-3-6(13)2-7(14)4-8/h2-5H,1H3,(H,15,18)(H,19,20). The van der Waals surface area contributed by atoms with E-state index in [9.17, 15) is 9.59 Å². The number of hydrogen-bond acceptors (Lipinski definition) is 3. The van der Waals surface area contributed by atoms with Crippen molar-refractivity contribution in [2.45, 2.75) is 0 Å². The maximum absolute atomic E-state index is 12.0. The molecule has 0 unspecified atom stereocenters. The summed E-state index contributed by atoms with van der Waals surface area (Å²) >= 11 is 11.6. The Morgan fingerprint density at radius 3 is 2.40 bits per heavy atom. The Morgan fingerprint density at radius 2 is 1.85 bits per heavy atom. The summed E-state index contributed by atoms with van der Waals surface area (Å²) in [6.07, 6.45) is 1.25. The van der Waals surface area contributed by atoms with Crippen LogP contribution in [-0.2, 0) is 7.05 Å². The van der Waals surface area contributed by atoms with E-state index < -0.39 is 11.9 Å². The monoisotopic (exact) mass is 313 g/mol. The van der Waals surface area contributed by atoms with Gasteiger partial charge in [-0.2, -0.15) is 5.10 Å². The zero-order chi connectivity index (χ0) is 14.9. The lowest BCUT2D eigenvalue weighted by Crippen LogP contribution is -2.16. The van der Waals surface area contributed by atoms with Crippen LogP contribution in [0.15, 0.2) is 24.4 Å². The van der Waals surface area contributed by atoms with Gasteiger partial charge in [-0.25, -0.2) is 4.79 Å². The zero-order valence-electron chi connectivity index (χ0n) is 10.2. The number of anilines is 1. The Morgan fingerprint density at radius 1 is 1.25 bits per heavy atom. The number of carboxylic acids is 1. The van der Waals surface area contributed by atoms with Gasteiger partial charge in [0.2, 0.25) is 0 Å². The van der Waals surface area contributed by atoms with Crippen molar-refractivity contribution in [2.75, 3.05) is 5.32 Å². The van der Waals surface area contributed by atoms with Crippen LogP contribution in [0.5, 0.6) is 0 Å². The molecule has 1 aromatic carbocycles. The lowest BCUT2D eigenvalue weighted by Gasteiger charge is -2.05. The fraction of sp³-hybridized carbons (Fsp3) is 0.0833. The van der Waals surface area contributed by atoms with Gasteiger partial charge >= 0.3 is 5.97 Å². The van der Waals surface area contributed by atoms with Gasteiger partial charge in [0.1, 0.15) is 5.56 Å². The molecule has 1 amide bonds. The number of amides is 1. The molecule has 0 saturated heterocycles. The van der Waals surface area contributed by atoms with E-state index in [1.807, 2.05) is 0 Å². The van der Waals surface area contributed by atoms with Gasteiger partial charge in [-0.3, -0.25) is 9.48 Å². The number of carboxylic acid groups (broad SMARTS) is 1. The molecule has 1 aromatic heterocycles. The first-order chi connectivity index (χ1) is 9.36. The van der Waals surface area contributed by atoms with Crippen LogP contribution in [0, 0.1) is 0 Å². The molecule has 0 atom stereocenters. The number of rotatable bonds is 3. The number of carbonyl (C=O) groups is 2. The summed E-state index contributed by atoms with van der Waals surface area (Å²) in [5.41, 5.74) is -0.0104. The number of hydrogen-bond donors (Lipinski definition) is 2. The highest BCUT2D eigenvalue weighted by Gasteiger charge is 2.21. The highest BCUT2D eigenvalue weighted by Crippen LogP contribution is 2.23. The number of halogens is 2. The average Bonchev–Trinajstić information content (AvgIpc) is 2.70. The predicted molar refractivity (Wildman–Crippen MR) is 74.6 cm³/mol. The number of carbonyl (C=O) groups excluding carboxylic acids is 1. The molecule has 0 spiro atoms. The Bertz CT molecular complexity index is 677. The molecule has 104 valence electrons. The third-order valence-corrected chi connectivity index (χ3v) is 2.83. The largest absolute Gasteiger partial charge is 0.478 e. The van der Waals surface area contributed by atoms with E-state index in [4.69, 9.17) is 28.3 Å². The summed E-state index contributed by atoms with van der Waals surface area (Å²) in [7, 11) is 1.53. The van der Waals surface area contributed by atoms with Crippen LogP contribution in [0.1, 0.15) is 20.8 Å². The van der Waals surface area contributed by atoms with Gasteiger partial charge in [-0.1, -0.05) is 23.2 Å². The van der Waals surface area contributed by atoms with Gasteiger partial charge in [0.25, 0.3) is 5.91 Å². The third-order valence-electron chi connectivity index (χ3n) is 2.39. The van der Waals surface area contributed by atoms with Gasteiger partial charge < -0.3 is 10.4 Å². The van der Waals surface area contributed by atoms with Crippen LogP contribution in [0.2, 0.25) is 10.0 Å². The molecular formula is C12H9Cl2N3O3. The molecule has 2 aromatic rings. The summed E-state index contributed by atoms with van der Waals surface area (Å²) in [6, 6.07) is 4.51. The van der Waals surface area contributed by atoms with Gasteiger partial charge in [0, 0.05) is 29.0 Å². The van der Waals surface area contributed by atoms with Crippen molar-refractivity contribution < 1.29 is 14.7 Å². The minimum absolute atomic E-state index is 0.182. The van der Waals surface area contributed by atoms with Crippen LogP contribution in [0.4, 0.5) is 5.69 Å². The van der Waals surface area contributed by atoms with Crippen molar-refractivity contribution >= 4 is 40.8 Å². The molecule has 0 aliphatic rings. The summed E-state index contributed by atoms with van der Waals surface area (Å²) < 4.78 is 1.25. The number of nitrogens with zero attached hydrogens (tertiary/aromatic N) is 2. The topological polar surface area (TPSA) is 84.2 Å². The molecule has 0 fully saturated rings. The predicted octanol–water partition coefficient (Wildman–Crippen LogP) is 2.68. The second-order valence-corrected chi connectivity index (χ2v) is 4.86. The van der Waals surface area contributed by atoms with Crippen LogP contribution in [0.25, 0.3) is 0 Å². The second-order valence-electron chi connectivity index (χ2n) is 3.98. The van der Waals surface area contributed by atoms with E-state index in [1.54, 1.807) is 0 Å². The highest BCUT2D eigenvalue weighted by molar-refractivity contribution is 6.35. The molecule has 0 bridgehead atoms. The fourth-order valence-corrected chi connectivity index (χ4v) is 2.16. The SMILES string of the molecule is Cn1cc(C(=O)O)c(C(=O)Nc2cc(Cl)cc(Cl)c2)n1. The molecule has 20 heavy (non-hydrogen) atoms. The Kier molecular flexibility index (Phi) is 3.96. The van der Waals surface area contributed by atoms with Crippen molar-refractivity contribution in [1.82, 2.24) is 9.78 Å². The van der Waals surface area contributed by atoms with Crippen molar-refractivity contribution in [3.05, 3.63) is 45.7 Å². The van der Waals surface area contributed by atoms with Gasteiger partial charge in [0.05, 0.1) is 0 Å². The van der Waals surface area contributed by atoms with E-state index in [-0.39, 0.29) is 11.3 Å². The van der Waals surface area contributed by atoms with Crippen molar-refractivity contribution in [3.8, 4) is 0 Å². The Labute approximate surface area is 123 Å². The third kappa shape index (κ3) is 3.09. The molecule has 0 aliphatic heterocycles. The Balaban J connectivity index is 2.30. The number of benzene rings is 1. The maximum Gasteiger partial charge on any atom is 0.339 e. The quantitative estimate of drug-likeness (QED) is 0.912. The maximum atomic E-state index is 12.0. The first kappa shape index (κ1) is 14.4. The smallest absolute Gasteiger partial charge is 0.339 e. The number of aromatic carboxylic acids is 1.